The zero-order valence-corrected chi connectivity index (χ0v) is 12.5. The van der Waals surface area contributed by atoms with Gasteiger partial charge < -0.3 is 15.0 Å². The van der Waals surface area contributed by atoms with Crippen molar-refractivity contribution in [2.24, 2.45) is 5.92 Å². The van der Waals surface area contributed by atoms with E-state index in [1.807, 2.05) is 24.3 Å². The molecule has 0 radical (unpaired) electrons. The monoisotopic (exact) mass is 278 g/mol. The van der Waals surface area contributed by atoms with Gasteiger partial charge in [0.05, 0.1) is 7.11 Å². The first-order chi connectivity index (χ1) is 9.22. The van der Waals surface area contributed by atoms with Gasteiger partial charge in [0, 0.05) is 24.8 Å². The Labute approximate surface area is 120 Å². The second kappa shape index (κ2) is 6.75. The molecule has 1 aliphatic rings. The number of nitrogens with one attached hydrogen (secondary N) is 1. The molecule has 0 unspecified atom stereocenters. The van der Waals surface area contributed by atoms with Crippen molar-refractivity contribution in [3.05, 3.63) is 24.3 Å². The topological polar surface area (TPSA) is 24.5 Å². The van der Waals surface area contributed by atoms with Crippen molar-refractivity contribution >= 4 is 23.0 Å². The minimum Gasteiger partial charge on any atom is -0.497 e. The van der Waals surface area contributed by atoms with Gasteiger partial charge in [0.2, 0.25) is 0 Å². The third-order valence-electron chi connectivity index (χ3n) is 3.28. The number of methoxy groups -OCH3 is 1. The fraction of sp³-hybridized carbons (Fsp3) is 0.533. The van der Waals surface area contributed by atoms with E-state index in [1.165, 1.54) is 12.8 Å². The molecule has 2 rings (SSSR count). The molecule has 1 fully saturated rings. The first-order valence-corrected chi connectivity index (χ1v) is 7.33. The quantitative estimate of drug-likeness (QED) is 0.805. The van der Waals surface area contributed by atoms with Crippen molar-refractivity contribution in [3.63, 3.8) is 0 Å². The molecular formula is C15H22N2OS. The van der Waals surface area contributed by atoms with Gasteiger partial charge in [-0.15, -0.1) is 0 Å². The van der Waals surface area contributed by atoms with Crippen LogP contribution in [0.5, 0.6) is 5.75 Å². The molecule has 1 aromatic carbocycles. The summed E-state index contributed by atoms with van der Waals surface area (Å²) in [4.78, 5) is 2.28. The number of thiocarbonyl (C=S) groups is 1. The Morgan fingerprint density at radius 3 is 2.89 bits per heavy atom. The summed E-state index contributed by atoms with van der Waals surface area (Å²) >= 11 is 5.52. The molecule has 3 nitrogen and oxygen atoms in total. The first-order valence-electron chi connectivity index (χ1n) is 6.93. The fourth-order valence-corrected chi connectivity index (χ4v) is 2.34. The Morgan fingerprint density at radius 2 is 2.26 bits per heavy atom. The molecule has 1 aliphatic carbocycles. The smallest absolute Gasteiger partial charge is 0.173 e. The minimum absolute atomic E-state index is 0.821. The van der Waals surface area contributed by atoms with Gasteiger partial charge in [-0.3, -0.25) is 0 Å². The second-order valence-electron chi connectivity index (χ2n) is 5.05. The van der Waals surface area contributed by atoms with Crippen LogP contribution in [0.3, 0.4) is 0 Å². The molecule has 4 heteroatoms. The lowest BCUT2D eigenvalue weighted by Gasteiger charge is -2.25. The zero-order chi connectivity index (χ0) is 13.7. The molecule has 1 aromatic rings. The van der Waals surface area contributed by atoms with Crippen LogP contribution in [0, 0.1) is 5.92 Å². The standard InChI is InChI=1S/C15H22N2OS/c1-3-9-17(11-12-7-8-12)15(19)16-13-5-4-6-14(10-13)18-2/h4-6,10,12H,3,7-9,11H2,1-2H3,(H,16,19). The Kier molecular flexibility index (Phi) is 5.02. The fourth-order valence-electron chi connectivity index (χ4n) is 2.06. The molecule has 1 saturated carbocycles. The third-order valence-corrected chi connectivity index (χ3v) is 3.64. The van der Waals surface area contributed by atoms with E-state index in [0.717, 1.165) is 42.0 Å². The maximum Gasteiger partial charge on any atom is 0.173 e. The lowest BCUT2D eigenvalue weighted by Crippen LogP contribution is -2.36. The van der Waals surface area contributed by atoms with Crippen molar-refractivity contribution < 1.29 is 4.74 Å². The first kappa shape index (κ1) is 14.1. The molecule has 0 bridgehead atoms. The summed E-state index contributed by atoms with van der Waals surface area (Å²) in [7, 11) is 1.67. The van der Waals surface area contributed by atoms with Crippen LogP contribution >= 0.6 is 12.2 Å². The Balaban J connectivity index is 1.96. The number of hydrogen-bond donors (Lipinski definition) is 1. The van der Waals surface area contributed by atoms with E-state index in [4.69, 9.17) is 17.0 Å². The SMILES string of the molecule is CCCN(CC1CC1)C(=S)Nc1cccc(OC)c1. The highest BCUT2D eigenvalue weighted by Crippen LogP contribution is 2.30. The van der Waals surface area contributed by atoms with E-state index >= 15 is 0 Å². The average molecular weight is 278 g/mol. The van der Waals surface area contributed by atoms with Crippen molar-refractivity contribution in [1.29, 1.82) is 0 Å². The van der Waals surface area contributed by atoms with Crippen LogP contribution in [0.25, 0.3) is 0 Å². The predicted molar refractivity (Wildman–Crippen MR) is 83.8 cm³/mol. The predicted octanol–water partition coefficient (Wildman–Crippen LogP) is 3.51. The summed E-state index contributed by atoms with van der Waals surface area (Å²) in [6, 6.07) is 7.88. The van der Waals surface area contributed by atoms with Crippen LogP contribution in [-0.2, 0) is 0 Å². The molecule has 0 saturated heterocycles. The average Bonchev–Trinajstić information content (AvgIpc) is 3.22. The van der Waals surface area contributed by atoms with E-state index in [0.29, 0.717) is 0 Å². The third kappa shape index (κ3) is 4.39. The molecule has 0 heterocycles. The Hall–Kier alpha value is -1.29. The van der Waals surface area contributed by atoms with Gasteiger partial charge in [-0.25, -0.2) is 0 Å². The van der Waals surface area contributed by atoms with Gasteiger partial charge in [-0.2, -0.15) is 0 Å². The molecule has 0 aliphatic heterocycles. The van der Waals surface area contributed by atoms with Crippen LogP contribution in [-0.4, -0.2) is 30.2 Å². The maximum atomic E-state index is 5.52. The second-order valence-corrected chi connectivity index (χ2v) is 5.44. The molecule has 0 atom stereocenters. The van der Waals surface area contributed by atoms with Crippen molar-refractivity contribution in [1.82, 2.24) is 4.90 Å². The number of benzene rings is 1. The Bertz CT molecular complexity index is 432. The van der Waals surface area contributed by atoms with Crippen LogP contribution in [0.2, 0.25) is 0 Å². The van der Waals surface area contributed by atoms with Gasteiger partial charge in [0.15, 0.2) is 5.11 Å². The van der Waals surface area contributed by atoms with Crippen molar-refractivity contribution in [3.8, 4) is 5.75 Å². The van der Waals surface area contributed by atoms with Crippen molar-refractivity contribution in [2.45, 2.75) is 26.2 Å². The number of rotatable bonds is 6. The largest absolute Gasteiger partial charge is 0.497 e. The van der Waals surface area contributed by atoms with Gasteiger partial charge >= 0.3 is 0 Å². The van der Waals surface area contributed by atoms with E-state index in [9.17, 15) is 0 Å². The van der Waals surface area contributed by atoms with E-state index in [-0.39, 0.29) is 0 Å². The van der Waals surface area contributed by atoms with Crippen LogP contribution in [0.15, 0.2) is 24.3 Å². The maximum absolute atomic E-state index is 5.52. The summed E-state index contributed by atoms with van der Waals surface area (Å²) in [6.45, 7) is 4.30. The summed E-state index contributed by atoms with van der Waals surface area (Å²) < 4.78 is 5.22. The molecule has 19 heavy (non-hydrogen) atoms. The van der Waals surface area contributed by atoms with Gasteiger partial charge in [-0.05, 0) is 49.5 Å². The van der Waals surface area contributed by atoms with Gasteiger partial charge in [-0.1, -0.05) is 13.0 Å². The van der Waals surface area contributed by atoms with E-state index < -0.39 is 0 Å². The summed E-state index contributed by atoms with van der Waals surface area (Å²) in [5.41, 5.74) is 0.987. The molecule has 0 aromatic heterocycles. The zero-order valence-electron chi connectivity index (χ0n) is 11.7. The molecule has 1 N–H and O–H groups in total. The lowest BCUT2D eigenvalue weighted by atomic mass is 10.3. The highest BCUT2D eigenvalue weighted by atomic mass is 32.1. The highest BCUT2D eigenvalue weighted by Gasteiger charge is 2.25. The highest BCUT2D eigenvalue weighted by molar-refractivity contribution is 7.80. The van der Waals surface area contributed by atoms with Crippen molar-refractivity contribution in [2.75, 3.05) is 25.5 Å². The molecule has 104 valence electrons. The molecule has 0 amide bonds. The van der Waals surface area contributed by atoms with Gasteiger partial charge in [0.1, 0.15) is 5.75 Å². The lowest BCUT2D eigenvalue weighted by molar-refractivity contribution is 0.404. The summed E-state index contributed by atoms with van der Waals surface area (Å²) in [6.07, 6.45) is 3.82. The van der Waals surface area contributed by atoms with Crippen LogP contribution in [0.1, 0.15) is 26.2 Å². The number of hydrogen-bond acceptors (Lipinski definition) is 2. The summed E-state index contributed by atoms with van der Waals surface area (Å²) in [5.74, 6) is 1.69. The Morgan fingerprint density at radius 1 is 1.47 bits per heavy atom. The number of nitrogens with zero attached hydrogens (tertiary/aromatic N) is 1. The number of anilines is 1. The minimum atomic E-state index is 0.821. The molecular weight excluding hydrogens is 256 g/mol. The van der Waals surface area contributed by atoms with Crippen LogP contribution in [0.4, 0.5) is 5.69 Å². The molecule has 0 spiro atoms. The van der Waals surface area contributed by atoms with E-state index in [1.54, 1.807) is 7.11 Å². The number of ether oxygens (including phenoxy) is 1. The van der Waals surface area contributed by atoms with Gasteiger partial charge in [0.25, 0.3) is 0 Å². The van der Waals surface area contributed by atoms with Crippen LogP contribution < -0.4 is 10.1 Å². The summed E-state index contributed by atoms with van der Waals surface area (Å²) in [5, 5.41) is 4.13. The van der Waals surface area contributed by atoms with E-state index in [2.05, 4.69) is 17.1 Å². The normalized spacial score (nSPS) is 14.0.